The fraction of sp³-hybridized carbons (Fsp3) is 0.364. The Hall–Kier alpha value is -2.04. The van der Waals surface area contributed by atoms with Crippen LogP contribution >= 0.6 is 23.2 Å². The molecule has 4 nitrogen and oxygen atoms in total. The molecule has 0 radical (unpaired) electrons. The lowest BCUT2D eigenvalue weighted by atomic mass is 10.1. The third-order valence-electron chi connectivity index (χ3n) is 4.37. The number of carbonyl (C=O) groups is 2. The van der Waals surface area contributed by atoms with Gasteiger partial charge in [-0.1, -0.05) is 59.1 Å². The number of halogens is 2. The topological polar surface area (TPSA) is 49.4 Å². The highest BCUT2D eigenvalue weighted by atomic mass is 35.5. The van der Waals surface area contributed by atoms with Crippen LogP contribution in [0, 0.1) is 6.92 Å². The van der Waals surface area contributed by atoms with Gasteiger partial charge in [-0.15, -0.1) is 0 Å². The maximum atomic E-state index is 13.1. The third kappa shape index (κ3) is 6.25. The predicted octanol–water partition coefficient (Wildman–Crippen LogP) is 4.79. The van der Waals surface area contributed by atoms with Gasteiger partial charge in [-0.05, 0) is 51.0 Å². The molecule has 1 atom stereocenters. The lowest BCUT2D eigenvalue weighted by Gasteiger charge is -2.29. The second-order valence-electron chi connectivity index (χ2n) is 7.28. The fourth-order valence-electron chi connectivity index (χ4n) is 2.92. The summed E-state index contributed by atoms with van der Waals surface area (Å²) in [5.41, 5.74) is 2.84. The van der Waals surface area contributed by atoms with E-state index in [2.05, 4.69) is 5.32 Å². The van der Waals surface area contributed by atoms with Crippen molar-refractivity contribution >= 4 is 35.0 Å². The van der Waals surface area contributed by atoms with E-state index in [0.717, 1.165) is 16.7 Å². The molecule has 0 spiro atoms. The second kappa shape index (κ2) is 9.94. The van der Waals surface area contributed by atoms with Crippen LogP contribution in [0.3, 0.4) is 0 Å². The molecule has 0 bridgehead atoms. The summed E-state index contributed by atoms with van der Waals surface area (Å²) in [7, 11) is 0. The van der Waals surface area contributed by atoms with E-state index >= 15 is 0 Å². The van der Waals surface area contributed by atoms with Crippen molar-refractivity contribution in [1.29, 1.82) is 0 Å². The molecule has 0 unspecified atom stereocenters. The first-order chi connectivity index (χ1) is 13.2. The van der Waals surface area contributed by atoms with Crippen LogP contribution in [-0.4, -0.2) is 28.8 Å². The zero-order chi connectivity index (χ0) is 20.8. The quantitative estimate of drug-likeness (QED) is 0.699. The Morgan fingerprint density at radius 2 is 1.71 bits per heavy atom. The van der Waals surface area contributed by atoms with Crippen LogP contribution in [0.15, 0.2) is 42.5 Å². The van der Waals surface area contributed by atoms with Crippen molar-refractivity contribution in [1.82, 2.24) is 10.2 Å². The van der Waals surface area contributed by atoms with Gasteiger partial charge in [0.2, 0.25) is 11.8 Å². The first-order valence-electron chi connectivity index (χ1n) is 9.26. The molecular formula is C22H26Cl2N2O2. The van der Waals surface area contributed by atoms with Crippen LogP contribution in [0.2, 0.25) is 10.0 Å². The van der Waals surface area contributed by atoms with Crippen LogP contribution in [0.25, 0.3) is 0 Å². The summed E-state index contributed by atoms with van der Waals surface area (Å²) in [5.74, 6) is -0.323. The molecule has 6 heteroatoms. The molecule has 0 saturated carbocycles. The van der Waals surface area contributed by atoms with Crippen LogP contribution in [0.1, 0.15) is 37.5 Å². The van der Waals surface area contributed by atoms with E-state index in [1.54, 1.807) is 30.0 Å². The number of amides is 2. The minimum absolute atomic E-state index is 0.000874. The second-order valence-corrected chi connectivity index (χ2v) is 8.09. The third-order valence-corrected chi connectivity index (χ3v) is 5.11. The van der Waals surface area contributed by atoms with Crippen molar-refractivity contribution in [3.05, 3.63) is 69.2 Å². The van der Waals surface area contributed by atoms with E-state index in [9.17, 15) is 9.59 Å². The van der Waals surface area contributed by atoms with E-state index in [0.29, 0.717) is 16.6 Å². The molecule has 0 aliphatic heterocycles. The van der Waals surface area contributed by atoms with E-state index in [1.165, 1.54) is 0 Å². The average molecular weight is 421 g/mol. The Kier molecular flexibility index (Phi) is 7.90. The van der Waals surface area contributed by atoms with Crippen molar-refractivity contribution < 1.29 is 9.59 Å². The number of nitrogens with zero attached hydrogens (tertiary/aromatic N) is 1. The first kappa shape index (κ1) is 22.3. The van der Waals surface area contributed by atoms with E-state index in [4.69, 9.17) is 23.2 Å². The van der Waals surface area contributed by atoms with Crippen molar-refractivity contribution in [2.24, 2.45) is 0 Å². The highest BCUT2D eigenvalue weighted by Gasteiger charge is 2.26. The lowest BCUT2D eigenvalue weighted by Crippen LogP contribution is -2.49. The van der Waals surface area contributed by atoms with E-state index < -0.39 is 6.04 Å². The molecule has 2 aromatic rings. The fourth-order valence-corrected chi connectivity index (χ4v) is 3.24. The molecule has 2 rings (SSSR count). The molecule has 150 valence electrons. The Bertz CT molecular complexity index is 852. The number of hydrogen-bond acceptors (Lipinski definition) is 2. The summed E-state index contributed by atoms with van der Waals surface area (Å²) in [4.78, 5) is 27.3. The molecule has 2 aromatic carbocycles. The smallest absolute Gasteiger partial charge is 0.242 e. The van der Waals surface area contributed by atoms with Gasteiger partial charge in [-0.25, -0.2) is 0 Å². The summed E-state index contributed by atoms with van der Waals surface area (Å²) in [6, 6.07) is 12.5. The molecule has 0 saturated heterocycles. The predicted molar refractivity (Wildman–Crippen MR) is 115 cm³/mol. The van der Waals surface area contributed by atoms with Gasteiger partial charge in [-0.2, -0.15) is 0 Å². The minimum atomic E-state index is -0.599. The van der Waals surface area contributed by atoms with Gasteiger partial charge in [0.1, 0.15) is 6.04 Å². The summed E-state index contributed by atoms with van der Waals surface area (Å²) in [6.07, 6.45) is 0.141. The van der Waals surface area contributed by atoms with Gasteiger partial charge in [0, 0.05) is 12.6 Å². The highest BCUT2D eigenvalue weighted by molar-refractivity contribution is 6.42. The Balaban J connectivity index is 2.26. The van der Waals surface area contributed by atoms with Crippen LogP contribution in [-0.2, 0) is 22.6 Å². The summed E-state index contributed by atoms with van der Waals surface area (Å²) < 4.78 is 0. The van der Waals surface area contributed by atoms with Crippen LogP contribution in [0.5, 0.6) is 0 Å². The average Bonchev–Trinajstić information content (AvgIpc) is 2.61. The molecule has 0 heterocycles. The number of hydrogen-bond donors (Lipinski definition) is 1. The van der Waals surface area contributed by atoms with Crippen LogP contribution in [0.4, 0.5) is 0 Å². The monoisotopic (exact) mass is 420 g/mol. The minimum Gasteiger partial charge on any atom is -0.352 e. The van der Waals surface area contributed by atoms with Gasteiger partial charge in [0.25, 0.3) is 0 Å². The van der Waals surface area contributed by atoms with Gasteiger partial charge < -0.3 is 10.2 Å². The van der Waals surface area contributed by atoms with Crippen molar-refractivity contribution in [3.63, 3.8) is 0 Å². The van der Waals surface area contributed by atoms with Gasteiger partial charge in [0.15, 0.2) is 0 Å². The Morgan fingerprint density at radius 3 is 2.32 bits per heavy atom. The Labute approximate surface area is 176 Å². The SMILES string of the molecule is Cc1cccc(CN(C(=O)Cc2ccc(Cl)c(Cl)c2)[C@H](C)C(=O)NC(C)C)c1. The van der Waals surface area contributed by atoms with E-state index in [1.807, 2.05) is 45.0 Å². The zero-order valence-corrected chi connectivity index (χ0v) is 18.1. The molecule has 0 fully saturated rings. The molecule has 0 aromatic heterocycles. The summed E-state index contributed by atoms with van der Waals surface area (Å²) in [5, 5.41) is 3.73. The summed E-state index contributed by atoms with van der Waals surface area (Å²) in [6.45, 7) is 7.90. The number of carbonyl (C=O) groups excluding carboxylic acids is 2. The maximum Gasteiger partial charge on any atom is 0.242 e. The van der Waals surface area contributed by atoms with Gasteiger partial charge in [-0.3, -0.25) is 9.59 Å². The largest absolute Gasteiger partial charge is 0.352 e. The van der Waals surface area contributed by atoms with Crippen molar-refractivity contribution in [2.45, 2.75) is 52.7 Å². The van der Waals surface area contributed by atoms with Crippen molar-refractivity contribution in [2.75, 3.05) is 0 Å². The summed E-state index contributed by atoms with van der Waals surface area (Å²) >= 11 is 12.0. The van der Waals surface area contributed by atoms with Crippen molar-refractivity contribution in [3.8, 4) is 0 Å². The molecule has 1 N–H and O–H groups in total. The first-order valence-corrected chi connectivity index (χ1v) is 10.0. The number of nitrogens with one attached hydrogen (secondary N) is 1. The van der Waals surface area contributed by atoms with E-state index in [-0.39, 0.29) is 24.3 Å². The van der Waals surface area contributed by atoms with Gasteiger partial charge >= 0.3 is 0 Å². The number of aryl methyl sites for hydroxylation is 1. The molecule has 28 heavy (non-hydrogen) atoms. The molecule has 2 amide bonds. The maximum absolute atomic E-state index is 13.1. The number of benzene rings is 2. The highest BCUT2D eigenvalue weighted by Crippen LogP contribution is 2.23. The standard InChI is InChI=1S/C22H26Cl2N2O2/c1-14(2)25-22(28)16(4)26(13-18-7-5-6-15(3)10-18)21(27)12-17-8-9-19(23)20(24)11-17/h5-11,14,16H,12-13H2,1-4H3,(H,25,28)/t16-/m1/s1. The molecular weight excluding hydrogens is 395 g/mol. The van der Waals surface area contributed by atoms with Crippen LogP contribution < -0.4 is 5.32 Å². The molecule has 0 aliphatic carbocycles. The zero-order valence-electron chi connectivity index (χ0n) is 16.6. The Morgan fingerprint density at radius 1 is 1.00 bits per heavy atom. The molecule has 0 aliphatic rings. The number of rotatable bonds is 7. The lowest BCUT2D eigenvalue weighted by molar-refractivity contribution is -0.140. The normalized spacial score (nSPS) is 12.0. The van der Waals surface area contributed by atoms with Gasteiger partial charge in [0.05, 0.1) is 16.5 Å².